The highest BCUT2D eigenvalue weighted by Crippen LogP contribution is 2.48. The largest absolute Gasteiger partial charge is 0.497 e. The number of hydrogen-bond donors (Lipinski definition) is 4. The molecule has 3 aromatic rings. The molecule has 4 N–H and O–H groups in total. The van der Waals surface area contributed by atoms with E-state index < -0.39 is 74.5 Å². The van der Waals surface area contributed by atoms with E-state index in [4.69, 9.17) is 28.4 Å². The number of ether oxygens (including phenoxy) is 3. The second-order valence-corrected chi connectivity index (χ2v) is 21.5. The molecular formula is C44H63N7O10S2. The molecule has 3 fully saturated rings. The smallest absolute Gasteiger partial charge is 0.408 e. The lowest BCUT2D eigenvalue weighted by Gasteiger charge is -2.36. The lowest BCUT2D eigenvalue weighted by molar-refractivity contribution is -0.143. The van der Waals surface area contributed by atoms with E-state index >= 15 is 0 Å². The van der Waals surface area contributed by atoms with Gasteiger partial charge < -0.3 is 35.1 Å². The minimum absolute atomic E-state index is 0.00915. The number of hydrogen-bond acceptors (Lipinski definition) is 14. The first kappa shape index (κ1) is 47.7. The molecule has 4 amide bonds. The molecule has 63 heavy (non-hydrogen) atoms. The Bertz CT molecular complexity index is 2320. The van der Waals surface area contributed by atoms with Crippen LogP contribution in [-0.2, 0) is 33.6 Å². The predicted octanol–water partition coefficient (Wildman–Crippen LogP) is 6.47. The van der Waals surface area contributed by atoms with Crippen LogP contribution in [0.1, 0.15) is 114 Å². The number of fused-ring (bicyclic) bond motifs is 1. The van der Waals surface area contributed by atoms with Gasteiger partial charge in [0.05, 0.1) is 30.5 Å². The second-order valence-electron chi connectivity index (χ2n) is 19.3. The van der Waals surface area contributed by atoms with Crippen molar-refractivity contribution in [3.05, 3.63) is 29.6 Å². The summed E-state index contributed by atoms with van der Waals surface area (Å²) in [6, 6.07) is 4.98. The fraction of sp³-hybridized carbons (Fsp3) is 0.636. The van der Waals surface area contributed by atoms with E-state index in [1.54, 1.807) is 66.9 Å². The number of anilines is 1. The number of benzene rings is 1. The number of carbonyl (C=O) groups is 4. The highest BCUT2D eigenvalue weighted by atomic mass is 32.2. The molecule has 1 aliphatic heterocycles. The number of alkyl carbamates (subject to hydrolysis) is 1. The summed E-state index contributed by atoms with van der Waals surface area (Å²) in [4.78, 5) is 67.6. The summed E-state index contributed by atoms with van der Waals surface area (Å²) in [5.41, 5.74) is -2.39. The van der Waals surface area contributed by atoms with Crippen molar-refractivity contribution in [3.63, 3.8) is 0 Å². The number of nitrogens with zero attached hydrogens (tertiary/aromatic N) is 3. The van der Waals surface area contributed by atoms with Crippen molar-refractivity contribution in [1.82, 2.24) is 30.2 Å². The number of aromatic nitrogens is 2. The first-order chi connectivity index (χ1) is 29.4. The van der Waals surface area contributed by atoms with E-state index in [1.807, 2.05) is 39.1 Å². The summed E-state index contributed by atoms with van der Waals surface area (Å²) in [7, 11) is -2.94. The zero-order valence-electron chi connectivity index (χ0n) is 38.2. The molecule has 19 heteroatoms. The van der Waals surface area contributed by atoms with Crippen molar-refractivity contribution in [2.75, 3.05) is 19.0 Å². The molecule has 2 aromatic heterocycles. The Balaban J connectivity index is 1.33. The lowest BCUT2D eigenvalue weighted by Crippen LogP contribution is -2.60. The average Bonchev–Trinajstić information content (AvgIpc) is 3.97. The van der Waals surface area contributed by atoms with Crippen molar-refractivity contribution in [2.45, 2.75) is 155 Å². The quantitative estimate of drug-likeness (QED) is 0.114. The van der Waals surface area contributed by atoms with Crippen LogP contribution in [0.3, 0.4) is 0 Å². The molecule has 2 saturated carbocycles. The summed E-state index contributed by atoms with van der Waals surface area (Å²) in [6.07, 6.45) is 1.43. The number of nitrogens with one attached hydrogen (secondary N) is 4. The van der Waals surface area contributed by atoms with E-state index in [0.29, 0.717) is 65.9 Å². The standard InChI is InChI=1S/C44H63N7O10S2/c1-12-16-43(17-18-43)61-63(56,57)50-38(54)44(22-26(44)13-2)49-36(52)33-20-28(23-51(33)37(53)35(41(5,6)7)48-40(55)60-42(8,9)10)59-34-21-31(32-24-62-39(47-32)45-25(3)4)46-30-19-27(58-11)14-15-29(30)34/h14-15,19,21,24-26,28,33,35H,12-13,16-18,20,22-23H2,1-11H3,(H,45,47)(H,48,55)(H,49,52)(H,50,54)/t26-,28-,33+,35-,44-/m1/s1. The first-order valence-corrected chi connectivity index (χ1v) is 24.0. The van der Waals surface area contributed by atoms with Crippen LogP contribution in [0.25, 0.3) is 22.3 Å². The summed E-state index contributed by atoms with van der Waals surface area (Å²) >= 11 is 1.44. The van der Waals surface area contributed by atoms with Gasteiger partial charge in [0.15, 0.2) is 5.13 Å². The highest BCUT2D eigenvalue weighted by molar-refractivity contribution is 7.85. The van der Waals surface area contributed by atoms with Crippen LogP contribution < -0.4 is 30.1 Å². The molecular weight excluding hydrogens is 851 g/mol. The highest BCUT2D eigenvalue weighted by Gasteiger charge is 2.62. The molecule has 346 valence electrons. The third-order valence-electron chi connectivity index (χ3n) is 11.4. The Labute approximate surface area is 374 Å². The molecule has 0 spiro atoms. The fourth-order valence-corrected chi connectivity index (χ4v) is 10.1. The monoisotopic (exact) mass is 913 g/mol. The van der Waals surface area contributed by atoms with Crippen molar-refractivity contribution >= 4 is 61.5 Å². The summed E-state index contributed by atoms with van der Waals surface area (Å²) in [5, 5.41) is 12.2. The normalized spacial score (nSPS) is 22.3. The minimum Gasteiger partial charge on any atom is -0.497 e. The predicted molar refractivity (Wildman–Crippen MR) is 240 cm³/mol. The first-order valence-electron chi connectivity index (χ1n) is 21.7. The molecule has 3 heterocycles. The molecule has 2 aliphatic carbocycles. The van der Waals surface area contributed by atoms with Gasteiger partial charge in [0.2, 0.25) is 11.8 Å². The molecule has 0 bridgehead atoms. The van der Waals surface area contributed by atoms with Crippen LogP contribution in [0.15, 0.2) is 29.6 Å². The maximum Gasteiger partial charge on any atom is 0.408 e. The van der Waals surface area contributed by atoms with Crippen LogP contribution in [0.4, 0.5) is 9.93 Å². The van der Waals surface area contributed by atoms with Gasteiger partial charge in [-0.1, -0.05) is 47.5 Å². The zero-order chi connectivity index (χ0) is 46.3. The Morgan fingerprint density at radius 2 is 1.73 bits per heavy atom. The van der Waals surface area contributed by atoms with Crippen LogP contribution in [0, 0.1) is 11.3 Å². The SMILES string of the molecule is CCCC1(OS(=O)(=O)NC(=O)[C@@]2(NC(=O)[C@@H]3C[C@@H](Oc4cc(-c5csc(NC(C)C)n5)nc5cc(OC)ccc45)CN3C(=O)[C@@H](NC(=O)OC(C)(C)C)C(C)(C)C)C[C@H]2CC)CC1. The molecule has 6 rings (SSSR count). The van der Waals surface area contributed by atoms with Crippen molar-refractivity contribution < 1.29 is 46.0 Å². The Morgan fingerprint density at radius 1 is 1.02 bits per heavy atom. The minimum atomic E-state index is -4.51. The van der Waals surface area contributed by atoms with Gasteiger partial charge in [0, 0.05) is 35.4 Å². The van der Waals surface area contributed by atoms with Gasteiger partial charge in [-0.25, -0.2) is 23.7 Å². The number of carbonyl (C=O) groups excluding carboxylic acids is 4. The second kappa shape index (κ2) is 18.0. The Hall–Kier alpha value is -4.75. The zero-order valence-corrected chi connectivity index (χ0v) is 39.8. The molecule has 1 saturated heterocycles. The van der Waals surface area contributed by atoms with Gasteiger partial charge in [-0.3, -0.25) is 14.4 Å². The van der Waals surface area contributed by atoms with Gasteiger partial charge in [-0.05, 0) is 83.8 Å². The third-order valence-corrected chi connectivity index (χ3v) is 13.2. The molecule has 0 unspecified atom stereocenters. The number of likely N-dealkylation sites (tertiary alicyclic amines) is 1. The van der Waals surface area contributed by atoms with Gasteiger partial charge in [-0.15, -0.1) is 11.3 Å². The topological polar surface area (TPSA) is 216 Å². The van der Waals surface area contributed by atoms with Gasteiger partial charge in [0.1, 0.15) is 46.5 Å². The molecule has 0 radical (unpaired) electrons. The summed E-state index contributed by atoms with van der Waals surface area (Å²) in [6.45, 7) is 18.2. The number of methoxy groups -OCH3 is 1. The van der Waals surface area contributed by atoms with Crippen LogP contribution in [0.2, 0.25) is 0 Å². The van der Waals surface area contributed by atoms with Crippen LogP contribution >= 0.6 is 11.3 Å². The van der Waals surface area contributed by atoms with E-state index in [1.165, 1.54) is 16.2 Å². The van der Waals surface area contributed by atoms with Crippen LogP contribution in [0.5, 0.6) is 11.5 Å². The van der Waals surface area contributed by atoms with E-state index in [2.05, 4.69) is 20.7 Å². The van der Waals surface area contributed by atoms with Crippen molar-refractivity contribution in [1.29, 1.82) is 0 Å². The number of rotatable bonds is 17. The Kier molecular flexibility index (Phi) is 13.7. The van der Waals surface area contributed by atoms with Gasteiger partial charge >= 0.3 is 16.4 Å². The van der Waals surface area contributed by atoms with E-state index in [0.717, 1.165) is 5.13 Å². The number of thiazole rings is 1. The average molecular weight is 914 g/mol. The van der Waals surface area contributed by atoms with Gasteiger partial charge in [0.25, 0.3) is 5.91 Å². The maximum atomic E-state index is 14.8. The molecule has 1 aromatic carbocycles. The lowest BCUT2D eigenvalue weighted by atomic mass is 9.85. The van der Waals surface area contributed by atoms with E-state index in [9.17, 15) is 27.6 Å². The fourth-order valence-electron chi connectivity index (χ4n) is 8.07. The number of pyridine rings is 1. The van der Waals surface area contributed by atoms with Crippen molar-refractivity contribution in [2.24, 2.45) is 11.3 Å². The number of amides is 4. The third kappa shape index (κ3) is 11.3. The summed E-state index contributed by atoms with van der Waals surface area (Å²) < 4.78 is 51.7. The molecule has 3 aliphatic rings. The molecule has 17 nitrogen and oxygen atoms in total. The Morgan fingerprint density at radius 3 is 2.32 bits per heavy atom. The summed E-state index contributed by atoms with van der Waals surface area (Å²) in [5.74, 6) is -1.53. The van der Waals surface area contributed by atoms with Crippen LogP contribution in [-0.4, -0.2) is 102 Å². The maximum absolute atomic E-state index is 14.8. The molecule has 5 atom stereocenters. The van der Waals surface area contributed by atoms with E-state index in [-0.39, 0.29) is 31.3 Å². The van der Waals surface area contributed by atoms with Gasteiger partial charge in [-0.2, -0.15) is 8.42 Å². The van der Waals surface area contributed by atoms with Crippen molar-refractivity contribution in [3.8, 4) is 22.9 Å².